The van der Waals surface area contributed by atoms with E-state index in [9.17, 15) is 0 Å². The Bertz CT molecular complexity index is 252. The minimum absolute atomic E-state index is 0.683. The van der Waals surface area contributed by atoms with Crippen LogP contribution in [0.25, 0.3) is 0 Å². The predicted octanol–water partition coefficient (Wildman–Crippen LogP) is 1.13. The van der Waals surface area contributed by atoms with Crippen molar-refractivity contribution in [1.82, 2.24) is 9.99 Å². The summed E-state index contributed by atoms with van der Waals surface area (Å²) in [4.78, 5) is 4.02. The van der Waals surface area contributed by atoms with Gasteiger partial charge in [0.1, 0.15) is 0 Å². The van der Waals surface area contributed by atoms with Crippen LogP contribution in [0, 0.1) is 0 Å². The van der Waals surface area contributed by atoms with Crippen LogP contribution in [0.15, 0.2) is 24.5 Å². The number of aromatic nitrogens is 1. The number of hydrogen-bond acceptors (Lipinski definition) is 3. The molecule has 1 aliphatic heterocycles. The Kier molecular flexibility index (Phi) is 2.57. The molecular formula is C10H15N3. The second-order valence-corrected chi connectivity index (χ2v) is 3.59. The van der Waals surface area contributed by atoms with Crippen molar-refractivity contribution >= 4 is 0 Å². The molecule has 13 heavy (non-hydrogen) atoms. The Morgan fingerprint density at radius 2 is 1.85 bits per heavy atom. The van der Waals surface area contributed by atoms with Gasteiger partial charge in [-0.2, -0.15) is 0 Å². The number of nitrogens with two attached hydrogens (primary N) is 1. The standard InChI is InChI=1S/C10H15N3/c11-13-7-3-10(4-8-13)9-1-5-12-6-2-9/h1-2,5-6,10H,3-4,7-8,11H2. The van der Waals surface area contributed by atoms with Crippen LogP contribution in [0.4, 0.5) is 0 Å². The molecule has 0 unspecified atom stereocenters. The van der Waals surface area contributed by atoms with E-state index in [2.05, 4.69) is 17.1 Å². The van der Waals surface area contributed by atoms with E-state index in [0.29, 0.717) is 5.92 Å². The molecule has 2 rings (SSSR count). The van der Waals surface area contributed by atoms with Crippen molar-refractivity contribution in [3.63, 3.8) is 0 Å². The van der Waals surface area contributed by atoms with Gasteiger partial charge < -0.3 is 0 Å². The lowest BCUT2D eigenvalue weighted by Gasteiger charge is -2.28. The highest BCUT2D eigenvalue weighted by atomic mass is 15.4. The van der Waals surface area contributed by atoms with Crippen molar-refractivity contribution in [3.05, 3.63) is 30.1 Å². The average Bonchev–Trinajstić information content (AvgIpc) is 2.20. The Labute approximate surface area is 78.5 Å². The zero-order chi connectivity index (χ0) is 9.10. The summed E-state index contributed by atoms with van der Waals surface area (Å²) in [5.74, 6) is 6.38. The lowest BCUT2D eigenvalue weighted by Crippen LogP contribution is -2.38. The van der Waals surface area contributed by atoms with Gasteiger partial charge >= 0.3 is 0 Å². The SMILES string of the molecule is NN1CCC(c2ccncc2)CC1. The zero-order valence-corrected chi connectivity index (χ0v) is 7.69. The van der Waals surface area contributed by atoms with E-state index in [1.54, 1.807) is 0 Å². The molecule has 2 heterocycles. The average molecular weight is 177 g/mol. The number of pyridine rings is 1. The molecule has 1 fully saturated rings. The molecule has 1 aliphatic rings. The molecule has 1 aromatic heterocycles. The third-order valence-corrected chi connectivity index (χ3v) is 2.71. The largest absolute Gasteiger partial charge is 0.269 e. The summed E-state index contributed by atoms with van der Waals surface area (Å²) in [7, 11) is 0. The highest BCUT2D eigenvalue weighted by Gasteiger charge is 2.17. The fraction of sp³-hybridized carbons (Fsp3) is 0.500. The molecule has 3 heteroatoms. The maximum absolute atomic E-state index is 5.70. The molecule has 0 radical (unpaired) electrons. The molecule has 0 aliphatic carbocycles. The van der Waals surface area contributed by atoms with Gasteiger partial charge in [-0.1, -0.05) is 0 Å². The van der Waals surface area contributed by atoms with Crippen LogP contribution in [0.3, 0.4) is 0 Å². The van der Waals surface area contributed by atoms with Crippen molar-refractivity contribution < 1.29 is 0 Å². The van der Waals surface area contributed by atoms with E-state index in [0.717, 1.165) is 13.1 Å². The van der Waals surface area contributed by atoms with Crippen LogP contribution in [0.5, 0.6) is 0 Å². The third-order valence-electron chi connectivity index (χ3n) is 2.71. The molecule has 70 valence electrons. The van der Waals surface area contributed by atoms with E-state index < -0.39 is 0 Å². The smallest absolute Gasteiger partial charge is 0.0270 e. The van der Waals surface area contributed by atoms with E-state index in [4.69, 9.17) is 5.84 Å². The van der Waals surface area contributed by atoms with Crippen LogP contribution in [0.2, 0.25) is 0 Å². The Balaban J connectivity index is 2.03. The van der Waals surface area contributed by atoms with Crippen molar-refractivity contribution in [2.24, 2.45) is 5.84 Å². The van der Waals surface area contributed by atoms with Crippen LogP contribution >= 0.6 is 0 Å². The number of piperidine rings is 1. The minimum atomic E-state index is 0.683. The maximum Gasteiger partial charge on any atom is 0.0270 e. The molecule has 0 saturated carbocycles. The van der Waals surface area contributed by atoms with Crippen molar-refractivity contribution in [2.75, 3.05) is 13.1 Å². The monoisotopic (exact) mass is 177 g/mol. The van der Waals surface area contributed by atoms with Gasteiger partial charge in [-0.25, -0.2) is 5.01 Å². The zero-order valence-electron chi connectivity index (χ0n) is 7.69. The second-order valence-electron chi connectivity index (χ2n) is 3.59. The van der Waals surface area contributed by atoms with Gasteiger partial charge in [-0.05, 0) is 36.5 Å². The minimum Gasteiger partial charge on any atom is -0.269 e. The van der Waals surface area contributed by atoms with Gasteiger partial charge in [0.25, 0.3) is 0 Å². The summed E-state index contributed by atoms with van der Waals surface area (Å²) in [5, 5.41) is 1.90. The van der Waals surface area contributed by atoms with Gasteiger partial charge in [-0.15, -0.1) is 0 Å². The van der Waals surface area contributed by atoms with Crippen LogP contribution in [-0.4, -0.2) is 23.1 Å². The molecule has 3 nitrogen and oxygen atoms in total. The number of hydrogen-bond donors (Lipinski definition) is 1. The Morgan fingerprint density at radius 1 is 1.23 bits per heavy atom. The first kappa shape index (κ1) is 8.66. The van der Waals surface area contributed by atoms with Gasteiger partial charge in [0.2, 0.25) is 0 Å². The first-order valence-electron chi connectivity index (χ1n) is 4.76. The van der Waals surface area contributed by atoms with Gasteiger partial charge in [0, 0.05) is 25.5 Å². The van der Waals surface area contributed by atoms with Gasteiger partial charge in [-0.3, -0.25) is 10.8 Å². The molecule has 0 spiro atoms. The lowest BCUT2D eigenvalue weighted by molar-refractivity contribution is 0.217. The van der Waals surface area contributed by atoms with Gasteiger partial charge in [0.05, 0.1) is 0 Å². The second kappa shape index (κ2) is 3.85. The lowest BCUT2D eigenvalue weighted by atomic mass is 9.91. The van der Waals surface area contributed by atoms with Crippen LogP contribution in [-0.2, 0) is 0 Å². The number of hydrazine groups is 1. The summed E-state index contributed by atoms with van der Waals surface area (Å²) in [6, 6.07) is 4.22. The number of rotatable bonds is 1. The highest BCUT2D eigenvalue weighted by Crippen LogP contribution is 2.25. The summed E-state index contributed by atoms with van der Waals surface area (Å²) < 4.78 is 0. The first-order valence-corrected chi connectivity index (χ1v) is 4.76. The fourth-order valence-electron chi connectivity index (χ4n) is 1.87. The van der Waals surface area contributed by atoms with Crippen molar-refractivity contribution in [2.45, 2.75) is 18.8 Å². The predicted molar refractivity (Wildman–Crippen MR) is 52.0 cm³/mol. The highest BCUT2D eigenvalue weighted by molar-refractivity contribution is 5.16. The Hall–Kier alpha value is -0.930. The van der Waals surface area contributed by atoms with Crippen molar-refractivity contribution in [3.8, 4) is 0 Å². The van der Waals surface area contributed by atoms with Gasteiger partial charge in [0.15, 0.2) is 0 Å². The van der Waals surface area contributed by atoms with Crippen LogP contribution in [0.1, 0.15) is 24.3 Å². The van der Waals surface area contributed by atoms with Crippen LogP contribution < -0.4 is 5.84 Å². The summed E-state index contributed by atoms with van der Waals surface area (Å²) in [6.45, 7) is 2.01. The number of nitrogens with zero attached hydrogens (tertiary/aromatic N) is 2. The molecule has 0 bridgehead atoms. The maximum atomic E-state index is 5.70. The van der Waals surface area contributed by atoms with E-state index >= 15 is 0 Å². The van der Waals surface area contributed by atoms with E-state index in [1.807, 2.05) is 17.4 Å². The van der Waals surface area contributed by atoms with Crippen molar-refractivity contribution in [1.29, 1.82) is 0 Å². The van der Waals surface area contributed by atoms with E-state index in [-0.39, 0.29) is 0 Å². The summed E-state index contributed by atoms with van der Waals surface area (Å²) in [5.41, 5.74) is 1.41. The third kappa shape index (κ3) is 2.05. The Morgan fingerprint density at radius 3 is 2.46 bits per heavy atom. The summed E-state index contributed by atoms with van der Waals surface area (Å²) >= 11 is 0. The topological polar surface area (TPSA) is 42.1 Å². The normalized spacial score (nSPS) is 20.4. The molecule has 1 saturated heterocycles. The molecule has 1 aromatic rings. The summed E-state index contributed by atoms with van der Waals surface area (Å²) in [6.07, 6.45) is 6.06. The van der Waals surface area contributed by atoms with E-state index in [1.165, 1.54) is 18.4 Å². The molecule has 2 N–H and O–H groups in total. The molecule has 0 amide bonds. The quantitative estimate of drug-likeness (QED) is 0.654. The fourth-order valence-corrected chi connectivity index (χ4v) is 1.87. The molecular weight excluding hydrogens is 162 g/mol. The molecule has 0 atom stereocenters. The first-order chi connectivity index (χ1) is 6.36. The molecule has 0 aromatic carbocycles.